The van der Waals surface area contributed by atoms with Crippen molar-refractivity contribution in [2.24, 2.45) is 0 Å². The van der Waals surface area contributed by atoms with E-state index in [0.29, 0.717) is 0 Å². The highest BCUT2D eigenvalue weighted by atomic mass is 35.5. The number of fused-ring (bicyclic) bond motifs is 1. The lowest BCUT2D eigenvalue weighted by Gasteiger charge is -2.14. The number of hydrogen-bond donors (Lipinski definition) is 3. The lowest BCUT2D eigenvalue weighted by molar-refractivity contribution is 0.0963. The number of sulfonamides is 1. The Bertz CT molecular complexity index is 1350. The molecule has 0 spiro atoms. The van der Waals surface area contributed by atoms with Crippen molar-refractivity contribution in [1.82, 2.24) is 24.8 Å². The van der Waals surface area contributed by atoms with Gasteiger partial charge in [-0.25, -0.2) is 22.8 Å². The minimum Gasteiger partial charge on any atom is -0.480 e. The van der Waals surface area contributed by atoms with Crippen LogP contribution in [0.4, 0.5) is 5.69 Å². The van der Waals surface area contributed by atoms with Crippen molar-refractivity contribution < 1.29 is 22.7 Å². The van der Waals surface area contributed by atoms with Gasteiger partial charge >= 0.3 is 0 Å². The standard InChI is InChI=1S/C19H17ClN6O5S/c1-21-19(28)16-10-9-23-32(29,30)14(10)6-5-12(16)24-18(27)13-8-15(31-2)25-26(13)17-11(20)4-3-7-22-17/h3-8,23H,9H2,1-2H3,(H,21,28)(H,24,27). The lowest BCUT2D eigenvalue weighted by Crippen LogP contribution is -2.24. The molecule has 2 aromatic heterocycles. The predicted molar refractivity (Wildman–Crippen MR) is 115 cm³/mol. The van der Waals surface area contributed by atoms with Crippen molar-refractivity contribution in [3.63, 3.8) is 0 Å². The number of benzene rings is 1. The van der Waals surface area contributed by atoms with E-state index < -0.39 is 21.8 Å². The molecule has 13 heteroatoms. The summed E-state index contributed by atoms with van der Waals surface area (Å²) < 4.78 is 33.1. The van der Waals surface area contributed by atoms with Crippen molar-refractivity contribution in [1.29, 1.82) is 0 Å². The van der Waals surface area contributed by atoms with Gasteiger partial charge in [-0.3, -0.25) is 9.59 Å². The molecule has 1 aliphatic rings. The van der Waals surface area contributed by atoms with E-state index in [9.17, 15) is 18.0 Å². The summed E-state index contributed by atoms with van der Waals surface area (Å²) in [5.41, 5.74) is 0.476. The number of halogens is 1. The first-order chi connectivity index (χ1) is 15.3. The van der Waals surface area contributed by atoms with Gasteiger partial charge < -0.3 is 15.4 Å². The van der Waals surface area contributed by atoms with E-state index in [1.165, 1.54) is 43.2 Å². The summed E-state index contributed by atoms with van der Waals surface area (Å²) in [7, 11) is -0.906. The van der Waals surface area contributed by atoms with Crippen LogP contribution in [0.15, 0.2) is 41.4 Å². The minimum absolute atomic E-state index is 0.0129. The van der Waals surface area contributed by atoms with Gasteiger partial charge in [0.2, 0.25) is 15.9 Å². The summed E-state index contributed by atoms with van der Waals surface area (Å²) in [6, 6.07) is 7.31. The summed E-state index contributed by atoms with van der Waals surface area (Å²) in [4.78, 5) is 29.9. The van der Waals surface area contributed by atoms with Crippen molar-refractivity contribution in [2.75, 3.05) is 19.5 Å². The zero-order chi connectivity index (χ0) is 23.0. The Morgan fingerprint density at radius 1 is 1.25 bits per heavy atom. The molecule has 0 saturated carbocycles. The topological polar surface area (TPSA) is 144 Å². The Labute approximate surface area is 187 Å². The van der Waals surface area contributed by atoms with Gasteiger partial charge in [-0.15, -0.1) is 5.10 Å². The van der Waals surface area contributed by atoms with Crippen LogP contribution >= 0.6 is 11.6 Å². The normalized spacial score (nSPS) is 14.0. The van der Waals surface area contributed by atoms with Gasteiger partial charge in [0.25, 0.3) is 11.8 Å². The summed E-state index contributed by atoms with van der Waals surface area (Å²) in [5.74, 6) is -0.831. The van der Waals surface area contributed by atoms with E-state index in [-0.39, 0.29) is 50.7 Å². The maximum Gasteiger partial charge on any atom is 0.274 e. The van der Waals surface area contributed by atoms with Crippen LogP contribution in [0.3, 0.4) is 0 Å². The number of nitrogens with one attached hydrogen (secondary N) is 3. The van der Waals surface area contributed by atoms with E-state index >= 15 is 0 Å². The molecule has 3 aromatic rings. The number of methoxy groups -OCH3 is 1. The second-order valence-corrected chi connectivity index (χ2v) is 8.76. The van der Waals surface area contributed by atoms with Crippen molar-refractivity contribution >= 4 is 39.1 Å². The van der Waals surface area contributed by atoms with Crippen molar-refractivity contribution in [3.8, 4) is 11.7 Å². The Kier molecular flexibility index (Phi) is 5.59. The van der Waals surface area contributed by atoms with Gasteiger partial charge in [-0.1, -0.05) is 11.6 Å². The fraction of sp³-hybridized carbons (Fsp3) is 0.158. The molecule has 0 unspecified atom stereocenters. The fourth-order valence-electron chi connectivity index (χ4n) is 3.29. The Morgan fingerprint density at radius 3 is 2.72 bits per heavy atom. The maximum atomic E-state index is 13.2. The van der Waals surface area contributed by atoms with Crippen molar-refractivity contribution in [3.05, 3.63) is 58.4 Å². The first kappa shape index (κ1) is 21.7. The first-order valence-corrected chi connectivity index (χ1v) is 11.1. The number of pyridine rings is 1. The molecule has 2 amide bonds. The average molecular weight is 477 g/mol. The Morgan fingerprint density at radius 2 is 2.03 bits per heavy atom. The highest BCUT2D eigenvalue weighted by Crippen LogP contribution is 2.31. The third kappa shape index (κ3) is 3.68. The molecule has 0 radical (unpaired) electrons. The number of rotatable bonds is 5. The van der Waals surface area contributed by atoms with Gasteiger partial charge in [0.1, 0.15) is 5.69 Å². The van der Waals surface area contributed by atoms with Crippen LogP contribution in [0, 0.1) is 0 Å². The molecule has 4 rings (SSSR count). The quantitative estimate of drug-likeness (QED) is 0.503. The molecule has 1 aliphatic heterocycles. The molecular formula is C19H17ClN6O5S. The monoisotopic (exact) mass is 476 g/mol. The number of amides is 2. The Hall–Kier alpha value is -3.48. The molecule has 1 aromatic carbocycles. The molecular weight excluding hydrogens is 460 g/mol. The highest BCUT2D eigenvalue weighted by Gasteiger charge is 2.32. The second-order valence-electron chi connectivity index (χ2n) is 6.62. The minimum atomic E-state index is -3.71. The van der Waals surface area contributed by atoms with Crippen LogP contribution in [0.25, 0.3) is 5.82 Å². The number of hydrogen-bond acceptors (Lipinski definition) is 7. The third-order valence-corrected chi connectivity index (χ3v) is 6.55. The van der Waals surface area contributed by atoms with Crippen LogP contribution in [0.2, 0.25) is 5.02 Å². The maximum absolute atomic E-state index is 13.2. The number of ether oxygens (including phenoxy) is 1. The highest BCUT2D eigenvalue weighted by molar-refractivity contribution is 7.89. The van der Waals surface area contributed by atoms with E-state index in [0.717, 1.165) is 0 Å². The molecule has 0 saturated heterocycles. The van der Waals surface area contributed by atoms with E-state index in [2.05, 4.69) is 25.4 Å². The summed E-state index contributed by atoms with van der Waals surface area (Å²) in [6.45, 7) is -0.0700. The number of anilines is 1. The third-order valence-electron chi connectivity index (χ3n) is 4.77. The van der Waals surface area contributed by atoms with Gasteiger partial charge in [0, 0.05) is 31.4 Å². The van der Waals surface area contributed by atoms with Crippen LogP contribution in [-0.2, 0) is 16.6 Å². The second kappa shape index (κ2) is 8.22. The van der Waals surface area contributed by atoms with Gasteiger partial charge in [-0.2, -0.15) is 0 Å². The van der Waals surface area contributed by atoms with Gasteiger partial charge in [0.15, 0.2) is 5.82 Å². The smallest absolute Gasteiger partial charge is 0.274 e. The average Bonchev–Trinajstić information content (AvgIpc) is 3.34. The summed E-state index contributed by atoms with van der Waals surface area (Å²) >= 11 is 6.21. The SMILES string of the molecule is CNC(=O)c1c(NC(=O)c2cc(OC)nn2-c2ncccc2Cl)ccc2c1CNS2(=O)=O. The molecule has 0 fully saturated rings. The molecule has 3 N–H and O–H groups in total. The number of carbonyl (C=O) groups excluding carboxylic acids is 2. The predicted octanol–water partition coefficient (Wildman–Crippen LogP) is 1.33. The van der Waals surface area contributed by atoms with Crippen LogP contribution in [0.1, 0.15) is 26.4 Å². The molecule has 0 aliphatic carbocycles. The summed E-state index contributed by atoms with van der Waals surface area (Å²) in [5, 5.41) is 9.58. The van der Waals surface area contributed by atoms with E-state index in [4.69, 9.17) is 16.3 Å². The van der Waals surface area contributed by atoms with Gasteiger partial charge in [-0.05, 0) is 24.3 Å². The number of nitrogens with zero attached hydrogens (tertiary/aromatic N) is 3. The van der Waals surface area contributed by atoms with Crippen LogP contribution < -0.4 is 20.1 Å². The molecule has 3 heterocycles. The first-order valence-electron chi connectivity index (χ1n) is 9.20. The molecule has 32 heavy (non-hydrogen) atoms. The zero-order valence-electron chi connectivity index (χ0n) is 16.8. The lowest BCUT2D eigenvalue weighted by atomic mass is 10.0. The largest absolute Gasteiger partial charge is 0.480 e. The molecule has 0 atom stereocenters. The van der Waals surface area contributed by atoms with E-state index in [1.54, 1.807) is 12.1 Å². The van der Waals surface area contributed by atoms with Gasteiger partial charge in [0.05, 0.1) is 28.3 Å². The number of aromatic nitrogens is 3. The summed E-state index contributed by atoms with van der Waals surface area (Å²) in [6.07, 6.45) is 1.49. The molecule has 166 valence electrons. The molecule has 11 nitrogen and oxygen atoms in total. The van der Waals surface area contributed by atoms with Crippen molar-refractivity contribution in [2.45, 2.75) is 11.4 Å². The van der Waals surface area contributed by atoms with Crippen LogP contribution in [0.5, 0.6) is 5.88 Å². The Balaban J connectivity index is 1.79. The fourth-order valence-corrected chi connectivity index (χ4v) is 4.73. The molecule has 0 bridgehead atoms. The van der Waals surface area contributed by atoms with E-state index in [1.807, 2.05) is 0 Å². The zero-order valence-corrected chi connectivity index (χ0v) is 18.4. The van der Waals surface area contributed by atoms with Crippen LogP contribution in [-0.4, -0.2) is 49.2 Å². The number of carbonyl (C=O) groups is 2.